The molecule has 3 atom stereocenters. The number of carbonyl (C=O) groups is 1. The van der Waals surface area contributed by atoms with Crippen LogP contribution >= 0.6 is 23.2 Å². The SMILES string of the molecule is O=C1C(Cl)C(n2ccnc2)C=NN1Cc1nc(C[C@H](O)c2ccc(Cl)cc2)no1. The molecule has 1 aliphatic heterocycles. The number of rotatable bonds is 6. The van der Waals surface area contributed by atoms with E-state index in [9.17, 15) is 9.90 Å². The molecule has 1 N–H and O–H groups in total. The first-order valence-corrected chi connectivity index (χ1v) is 9.54. The van der Waals surface area contributed by atoms with E-state index in [1.54, 1.807) is 53.8 Å². The highest BCUT2D eigenvalue weighted by atomic mass is 35.5. The van der Waals surface area contributed by atoms with Gasteiger partial charge in [-0.3, -0.25) is 4.79 Å². The zero-order chi connectivity index (χ0) is 20.4. The highest BCUT2D eigenvalue weighted by Crippen LogP contribution is 2.24. The Morgan fingerprint density at radius 2 is 2.07 bits per heavy atom. The first kappa shape index (κ1) is 19.6. The molecule has 1 aromatic carbocycles. The zero-order valence-electron chi connectivity index (χ0n) is 15.0. The standard InChI is InChI=1S/C18H16Cl2N6O3/c19-12-3-1-11(2-4-12)14(27)7-15-23-16(29-24-15)9-26-18(28)17(20)13(8-22-26)25-6-5-21-10-25/h1-6,8,10,13-14,17,27H,7,9H2/t13?,14-,17?/m0/s1. The van der Waals surface area contributed by atoms with E-state index in [1.165, 1.54) is 5.01 Å². The molecule has 0 spiro atoms. The van der Waals surface area contributed by atoms with Gasteiger partial charge < -0.3 is 14.2 Å². The van der Waals surface area contributed by atoms with Crippen molar-refractivity contribution in [3.05, 3.63) is 65.3 Å². The lowest BCUT2D eigenvalue weighted by Gasteiger charge is -2.28. The molecule has 0 fully saturated rings. The van der Waals surface area contributed by atoms with Crippen LogP contribution in [-0.4, -0.2) is 47.3 Å². The molecule has 2 unspecified atom stereocenters. The van der Waals surface area contributed by atoms with Crippen molar-refractivity contribution in [2.45, 2.75) is 30.5 Å². The minimum absolute atomic E-state index is 0.0146. The molecule has 0 bridgehead atoms. The fourth-order valence-electron chi connectivity index (χ4n) is 2.90. The number of aromatic nitrogens is 4. The second-order valence-electron chi connectivity index (χ2n) is 6.44. The summed E-state index contributed by atoms with van der Waals surface area (Å²) in [6, 6.07) is 6.43. The summed E-state index contributed by atoms with van der Waals surface area (Å²) < 4.78 is 6.89. The van der Waals surface area contributed by atoms with Gasteiger partial charge in [0.05, 0.1) is 24.7 Å². The number of carbonyl (C=O) groups excluding carboxylic acids is 1. The van der Waals surface area contributed by atoms with Gasteiger partial charge in [-0.2, -0.15) is 10.1 Å². The van der Waals surface area contributed by atoms with Gasteiger partial charge in [0.1, 0.15) is 11.9 Å². The van der Waals surface area contributed by atoms with Crippen LogP contribution in [0.3, 0.4) is 0 Å². The quantitative estimate of drug-likeness (QED) is 0.596. The molecule has 3 heterocycles. The van der Waals surface area contributed by atoms with E-state index >= 15 is 0 Å². The van der Waals surface area contributed by atoms with Crippen LogP contribution in [0.25, 0.3) is 0 Å². The van der Waals surface area contributed by atoms with Crippen LogP contribution < -0.4 is 0 Å². The van der Waals surface area contributed by atoms with E-state index in [2.05, 4.69) is 20.2 Å². The molecule has 150 valence electrons. The Labute approximate surface area is 175 Å². The number of benzene rings is 1. The third kappa shape index (κ3) is 4.31. The zero-order valence-corrected chi connectivity index (χ0v) is 16.5. The number of hydrogen-bond donors (Lipinski definition) is 1. The number of halogens is 2. The Hall–Kier alpha value is -2.75. The second-order valence-corrected chi connectivity index (χ2v) is 7.35. The molecular weight excluding hydrogens is 419 g/mol. The fourth-order valence-corrected chi connectivity index (χ4v) is 3.34. The molecule has 0 saturated carbocycles. The summed E-state index contributed by atoms with van der Waals surface area (Å²) >= 11 is 12.2. The van der Waals surface area contributed by atoms with Crippen molar-refractivity contribution < 1.29 is 14.4 Å². The van der Waals surface area contributed by atoms with Crippen molar-refractivity contribution in [2.24, 2.45) is 5.10 Å². The van der Waals surface area contributed by atoms with Gasteiger partial charge >= 0.3 is 0 Å². The molecule has 3 aromatic rings. The molecule has 9 nitrogen and oxygen atoms in total. The van der Waals surface area contributed by atoms with Crippen LogP contribution in [0.2, 0.25) is 5.02 Å². The molecule has 0 aliphatic carbocycles. The molecular formula is C18H16Cl2N6O3. The lowest BCUT2D eigenvalue weighted by Crippen LogP contribution is -2.42. The van der Waals surface area contributed by atoms with Gasteiger partial charge in [-0.05, 0) is 17.7 Å². The Morgan fingerprint density at radius 1 is 1.28 bits per heavy atom. The van der Waals surface area contributed by atoms with Gasteiger partial charge in [-0.15, -0.1) is 11.6 Å². The smallest absolute Gasteiger partial charge is 0.263 e. The summed E-state index contributed by atoms with van der Waals surface area (Å²) in [6.07, 6.45) is 5.81. The minimum atomic E-state index is -0.837. The normalized spacial score (nSPS) is 20.2. The topological polar surface area (TPSA) is 110 Å². The number of aliphatic hydroxyl groups excluding tert-OH is 1. The molecule has 1 aliphatic rings. The highest BCUT2D eigenvalue weighted by molar-refractivity contribution is 6.32. The second kappa shape index (κ2) is 8.32. The van der Waals surface area contributed by atoms with Gasteiger partial charge in [0.15, 0.2) is 5.82 Å². The number of alkyl halides is 1. The van der Waals surface area contributed by atoms with Crippen LogP contribution in [-0.2, 0) is 17.8 Å². The number of aliphatic hydroxyl groups is 1. The van der Waals surface area contributed by atoms with Crippen LogP contribution in [0.5, 0.6) is 0 Å². The maximum Gasteiger partial charge on any atom is 0.263 e. The Bertz CT molecular complexity index is 1010. The van der Waals surface area contributed by atoms with E-state index in [0.717, 1.165) is 0 Å². The predicted molar refractivity (Wildman–Crippen MR) is 104 cm³/mol. The first-order valence-electron chi connectivity index (χ1n) is 8.73. The summed E-state index contributed by atoms with van der Waals surface area (Å²) in [7, 11) is 0. The lowest BCUT2D eigenvalue weighted by atomic mass is 10.1. The molecule has 4 rings (SSSR count). The van der Waals surface area contributed by atoms with Gasteiger partial charge in [-0.1, -0.05) is 28.9 Å². The molecule has 0 radical (unpaired) electrons. The number of amides is 1. The fraction of sp³-hybridized carbons (Fsp3) is 0.278. The Morgan fingerprint density at radius 3 is 2.79 bits per heavy atom. The monoisotopic (exact) mass is 434 g/mol. The van der Waals surface area contributed by atoms with Gasteiger partial charge in [0.25, 0.3) is 5.91 Å². The number of hydrogen-bond acceptors (Lipinski definition) is 7. The molecule has 11 heteroatoms. The van der Waals surface area contributed by atoms with E-state index in [-0.39, 0.29) is 24.8 Å². The maximum absolute atomic E-state index is 12.5. The van der Waals surface area contributed by atoms with E-state index < -0.39 is 17.5 Å². The molecule has 0 saturated heterocycles. The van der Waals surface area contributed by atoms with Crippen molar-refractivity contribution in [3.8, 4) is 0 Å². The summed E-state index contributed by atoms with van der Waals surface area (Å²) in [4.78, 5) is 20.7. The molecule has 2 aromatic heterocycles. The average molecular weight is 435 g/mol. The van der Waals surface area contributed by atoms with Crippen molar-refractivity contribution in [1.82, 2.24) is 24.7 Å². The lowest BCUT2D eigenvalue weighted by molar-refractivity contribution is -0.133. The van der Waals surface area contributed by atoms with E-state index in [0.29, 0.717) is 16.4 Å². The van der Waals surface area contributed by atoms with Crippen molar-refractivity contribution >= 4 is 35.3 Å². The van der Waals surface area contributed by atoms with E-state index in [4.69, 9.17) is 27.7 Å². The predicted octanol–water partition coefficient (Wildman–Crippen LogP) is 2.37. The molecule has 29 heavy (non-hydrogen) atoms. The van der Waals surface area contributed by atoms with Gasteiger partial charge in [0, 0.05) is 23.8 Å². The van der Waals surface area contributed by atoms with Crippen LogP contribution in [0.4, 0.5) is 0 Å². The highest BCUT2D eigenvalue weighted by Gasteiger charge is 2.35. The summed E-state index contributed by atoms with van der Waals surface area (Å²) in [5, 5.41) is 19.3. The van der Waals surface area contributed by atoms with Crippen LogP contribution in [0.15, 0.2) is 52.6 Å². The van der Waals surface area contributed by atoms with E-state index in [1.807, 2.05) is 0 Å². The van der Waals surface area contributed by atoms with Gasteiger partial charge in [0.2, 0.25) is 5.89 Å². The summed E-state index contributed by atoms with van der Waals surface area (Å²) in [6.45, 7) is -0.0146. The molecule has 1 amide bonds. The van der Waals surface area contributed by atoms with Crippen molar-refractivity contribution in [1.29, 1.82) is 0 Å². The van der Waals surface area contributed by atoms with Crippen LogP contribution in [0.1, 0.15) is 29.4 Å². The van der Waals surface area contributed by atoms with Crippen molar-refractivity contribution in [3.63, 3.8) is 0 Å². The van der Waals surface area contributed by atoms with Gasteiger partial charge in [-0.25, -0.2) is 9.99 Å². The Balaban J connectivity index is 1.40. The van der Waals surface area contributed by atoms with Crippen molar-refractivity contribution in [2.75, 3.05) is 0 Å². The van der Waals surface area contributed by atoms with Crippen LogP contribution in [0, 0.1) is 0 Å². The maximum atomic E-state index is 12.5. The number of hydrazone groups is 1. The average Bonchev–Trinajstić information content (AvgIpc) is 3.38. The third-order valence-electron chi connectivity index (χ3n) is 4.44. The number of nitrogens with zero attached hydrogens (tertiary/aromatic N) is 6. The first-order chi connectivity index (χ1) is 14.0. The minimum Gasteiger partial charge on any atom is -0.388 e. The largest absolute Gasteiger partial charge is 0.388 e. The third-order valence-corrected chi connectivity index (χ3v) is 5.14. The Kier molecular flexibility index (Phi) is 5.61. The number of imidazole rings is 1. The summed E-state index contributed by atoms with van der Waals surface area (Å²) in [5.74, 6) is 0.127. The summed E-state index contributed by atoms with van der Waals surface area (Å²) in [5.41, 5.74) is 0.687.